The highest BCUT2D eigenvalue weighted by Crippen LogP contribution is 2.32. The fraction of sp³-hybridized carbons (Fsp3) is 0.286. The van der Waals surface area contributed by atoms with E-state index in [9.17, 15) is 27.9 Å². The number of likely N-dealkylation sites (tertiary alicyclic amines) is 2. The SMILES string of the molecule is O=C(c1ccc(-c2cccc(C(F)(F)F)c2)cc1)N1CC(NC2CN(C(=O)c3ccccc3)CC2O)C1. The van der Waals surface area contributed by atoms with Crippen molar-refractivity contribution in [1.82, 2.24) is 15.1 Å². The van der Waals surface area contributed by atoms with Crippen LogP contribution in [0.3, 0.4) is 0 Å². The summed E-state index contributed by atoms with van der Waals surface area (Å²) in [5, 5.41) is 13.8. The lowest BCUT2D eigenvalue weighted by Gasteiger charge is -2.41. The molecule has 2 N–H and O–H groups in total. The van der Waals surface area contributed by atoms with E-state index >= 15 is 0 Å². The minimum absolute atomic E-state index is 0.000223. The third-order valence-electron chi connectivity index (χ3n) is 6.87. The number of aliphatic hydroxyl groups is 1. The topological polar surface area (TPSA) is 72.9 Å². The molecule has 2 saturated heterocycles. The van der Waals surface area contributed by atoms with Gasteiger partial charge in [0.1, 0.15) is 0 Å². The van der Waals surface area contributed by atoms with Crippen molar-refractivity contribution in [3.8, 4) is 11.1 Å². The van der Waals surface area contributed by atoms with Crippen LogP contribution in [-0.4, -0.2) is 71.1 Å². The minimum Gasteiger partial charge on any atom is -0.390 e. The van der Waals surface area contributed by atoms with Crippen LogP contribution in [0.4, 0.5) is 13.2 Å². The first kappa shape index (κ1) is 25.0. The lowest BCUT2D eigenvalue weighted by atomic mass is 10.00. The van der Waals surface area contributed by atoms with Gasteiger partial charge >= 0.3 is 6.18 Å². The van der Waals surface area contributed by atoms with Gasteiger partial charge in [0.05, 0.1) is 17.7 Å². The van der Waals surface area contributed by atoms with Gasteiger partial charge in [0.25, 0.3) is 11.8 Å². The second-order valence-corrected chi connectivity index (χ2v) is 9.48. The summed E-state index contributed by atoms with van der Waals surface area (Å²) in [6.07, 6.45) is -5.11. The van der Waals surface area contributed by atoms with E-state index < -0.39 is 17.8 Å². The van der Waals surface area contributed by atoms with E-state index in [2.05, 4.69) is 5.32 Å². The predicted octanol–water partition coefficient (Wildman–Crippen LogP) is 3.67. The Balaban J connectivity index is 1.14. The van der Waals surface area contributed by atoms with E-state index in [0.29, 0.717) is 41.9 Å². The maximum absolute atomic E-state index is 13.0. The van der Waals surface area contributed by atoms with E-state index in [1.54, 1.807) is 64.4 Å². The van der Waals surface area contributed by atoms with Crippen molar-refractivity contribution in [2.75, 3.05) is 26.2 Å². The van der Waals surface area contributed by atoms with Crippen LogP contribution in [0.2, 0.25) is 0 Å². The number of aliphatic hydroxyl groups excluding tert-OH is 1. The summed E-state index contributed by atoms with van der Waals surface area (Å²) >= 11 is 0. The maximum atomic E-state index is 13.0. The van der Waals surface area contributed by atoms with Crippen molar-refractivity contribution in [3.63, 3.8) is 0 Å². The first-order chi connectivity index (χ1) is 17.7. The van der Waals surface area contributed by atoms with Crippen molar-refractivity contribution >= 4 is 11.8 Å². The molecular weight excluding hydrogens is 483 g/mol. The van der Waals surface area contributed by atoms with Crippen molar-refractivity contribution < 1.29 is 27.9 Å². The molecule has 0 saturated carbocycles. The van der Waals surface area contributed by atoms with Gasteiger partial charge in [-0.15, -0.1) is 0 Å². The monoisotopic (exact) mass is 509 g/mol. The lowest BCUT2D eigenvalue weighted by Crippen LogP contribution is -2.63. The molecule has 2 aliphatic rings. The van der Waals surface area contributed by atoms with Gasteiger partial charge in [0.15, 0.2) is 0 Å². The van der Waals surface area contributed by atoms with E-state index in [1.807, 2.05) is 6.07 Å². The zero-order valence-corrected chi connectivity index (χ0v) is 19.9. The molecule has 0 bridgehead atoms. The average molecular weight is 510 g/mol. The number of nitrogens with zero attached hydrogens (tertiary/aromatic N) is 2. The summed E-state index contributed by atoms with van der Waals surface area (Å²) in [6.45, 7) is 1.56. The predicted molar refractivity (Wildman–Crippen MR) is 132 cm³/mol. The number of halogens is 3. The number of hydrogen-bond donors (Lipinski definition) is 2. The highest BCUT2D eigenvalue weighted by molar-refractivity contribution is 5.95. The van der Waals surface area contributed by atoms with Gasteiger partial charge in [0, 0.05) is 43.3 Å². The molecule has 0 aromatic heterocycles. The van der Waals surface area contributed by atoms with E-state index in [1.165, 1.54) is 6.07 Å². The maximum Gasteiger partial charge on any atom is 0.416 e. The molecule has 3 aromatic rings. The van der Waals surface area contributed by atoms with Gasteiger partial charge < -0.3 is 20.2 Å². The van der Waals surface area contributed by atoms with Crippen LogP contribution in [0, 0.1) is 0 Å². The van der Waals surface area contributed by atoms with Crippen LogP contribution in [-0.2, 0) is 6.18 Å². The highest BCUT2D eigenvalue weighted by Gasteiger charge is 2.39. The quantitative estimate of drug-likeness (QED) is 0.551. The molecule has 6 nitrogen and oxygen atoms in total. The summed E-state index contributed by atoms with van der Waals surface area (Å²) in [5.74, 6) is -0.288. The summed E-state index contributed by atoms with van der Waals surface area (Å²) in [4.78, 5) is 28.8. The van der Waals surface area contributed by atoms with E-state index in [0.717, 1.165) is 12.1 Å². The average Bonchev–Trinajstić information content (AvgIpc) is 3.25. The van der Waals surface area contributed by atoms with E-state index in [-0.39, 0.29) is 30.4 Å². The van der Waals surface area contributed by atoms with Crippen molar-refractivity contribution in [2.24, 2.45) is 0 Å². The Morgan fingerprint density at radius 3 is 2.03 bits per heavy atom. The van der Waals surface area contributed by atoms with E-state index in [4.69, 9.17) is 0 Å². The summed E-state index contributed by atoms with van der Waals surface area (Å²) in [5.41, 5.74) is 1.33. The third kappa shape index (κ3) is 5.38. The summed E-state index contributed by atoms with van der Waals surface area (Å²) < 4.78 is 39.0. The number of amides is 2. The van der Waals surface area contributed by atoms with Crippen LogP contribution in [0.15, 0.2) is 78.9 Å². The Kier molecular flexibility index (Phi) is 6.74. The Morgan fingerprint density at radius 2 is 1.38 bits per heavy atom. The fourth-order valence-corrected chi connectivity index (χ4v) is 4.80. The minimum atomic E-state index is -4.42. The largest absolute Gasteiger partial charge is 0.416 e. The second kappa shape index (κ2) is 9.99. The number of rotatable bonds is 5. The number of nitrogens with one attached hydrogen (secondary N) is 1. The van der Waals surface area contributed by atoms with Gasteiger partial charge in [-0.3, -0.25) is 9.59 Å². The molecule has 0 aliphatic carbocycles. The van der Waals surface area contributed by atoms with Crippen LogP contribution in [0.5, 0.6) is 0 Å². The van der Waals surface area contributed by atoms with Gasteiger partial charge in [-0.2, -0.15) is 13.2 Å². The summed E-state index contributed by atoms with van der Waals surface area (Å²) in [6, 6.07) is 20.3. The van der Waals surface area contributed by atoms with Crippen LogP contribution < -0.4 is 5.32 Å². The summed E-state index contributed by atoms with van der Waals surface area (Å²) in [7, 11) is 0. The molecule has 37 heavy (non-hydrogen) atoms. The Morgan fingerprint density at radius 1 is 0.757 bits per heavy atom. The van der Waals surface area contributed by atoms with Crippen molar-refractivity contribution in [2.45, 2.75) is 24.4 Å². The van der Waals surface area contributed by atoms with Gasteiger partial charge in [-0.1, -0.05) is 42.5 Å². The number of benzene rings is 3. The molecule has 0 spiro atoms. The number of carbonyl (C=O) groups excluding carboxylic acids is 2. The number of β-amino-alcohol motifs (C(OH)–C–C–N with tert-alkyl or cyclic N) is 1. The zero-order valence-electron chi connectivity index (χ0n) is 19.9. The molecule has 2 aliphatic heterocycles. The zero-order chi connectivity index (χ0) is 26.2. The molecular formula is C28H26F3N3O3. The number of alkyl halides is 3. The first-order valence-corrected chi connectivity index (χ1v) is 12.0. The van der Waals surface area contributed by atoms with Gasteiger partial charge in [-0.05, 0) is 47.5 Å². The third-order valence-corrected chi connectivity index (χ3v) is 6.87. The molecule has 9 heteroatoms. The highest BCUT2D eigenvalue weighted by atomic mass is 19.4. The van der Waals surface area contributed by atoms with Crippen LogP contribution in [0.1, 0.15) is 26.3 Å². The number of carbonyl (C=O) groups is 2. The van der Waals surface area contributed by atoms with Crippen molar-refractivity contribution in [3.05, 3.63) is 95.6 Å². The molecule has 5 rings (SSSR count). The van der Waals surface area contributed by atoms with Crippen LogP contribution >= 0.6 is 0 Å². The van der Waals surface area contributed by atoms with Crippen molar-refractivity contribution in [1.29, 1.82) is 0 Å². The Bertz CT molecular complexity index is 1280. The molecule has 192 valence electrons. The normalized spacial score (nSPS) is 20.1. The molecule has 2 heterocycles. The fourth-order valence-electron chi connectivity index (χ4n) is 4.80. The molecule has 3 aromatic carbocycles. The molecule has 2 amide bonds. The standard InChI is InChI=1S/C28H26F3N3O3/c29-28(30,31)22-8-4-7-21(13-22)18-9-11-20(12-10-18)27(37)33-14-23(15-33)32-24-16-34(17-25(24)35)26(36)19-5-2-1-3-6-19/h1-13,23-25,32,35H,14-17H2. The molecule has 0 radical (unpaired) electrons. The molecule has 2 atom stereocenters. The van der Waals surface area contributed by atoms with Gasteiger partial charge in [0.2, 0.25) is 0 Å². The number of hydrogen-bond acceptors (Lipinski definition) is 4. The smallest absolute Gasteiger partial charge is 0.390 e. The first-order valence-electron chi connectivity index (χ1n) is 12.0. The lowest BCUT2D eigenvalue weighted by molar-refractivity contribution is -0.137. The molecule has 2 unspecified atom stereocenters. The Hall–Kier alpha value is -3.69. The van der Waals surface area contributed by atoms with Crippen LogP contribution in [0.25, 0.3) is 11.1 Å². The Labute approximate surface area is 212 Å². The molecule has 2 fully saturated rings. The second-order valence-electron chi connectivity index (χ2n) is 9.48. The van der Waals surface area contributed by atoms with Gasteiger partial charge in [-0.25, -0.2) is 0 Å².